The second-order valence-electron chi connectivity index (χ2n) is 6.84. The summed E-state index contributed by atoms with van der Waals surface area (Å²) in [6.45, 7) is 3.67. The highest BCUT2D eigenvalue weighted by Gasteiger charge is 2.33. The van der Waals surface area contributed by atoms with Gasteiger partial charge >= 0.3 is 5.97 Å². The maximum Gasteiger partial charge on any atom is 0.338 e. The minimum atomic E-state index is -0.697. The smallest absolute Gasteiger partial charge is 0.338 e. The highest BCUT2D eigenvalue weighted by molar-refractivity contribution is 7.07. The van der Waals surface area contributed by atoms with Crippen molar-refractivity contribution in [2.24, 2.45) is 12.0 Å². The first-order valence-corrected chi connectivity index (χ1v) is 10.2. The average molecular weight is 424 g/mol. The molecule has 0 unspecified atom stereocenters. The normalized spacial score (nSPS) is 16.4. The average Bonchev–Trinajstić information content (AvgIpc) is 3.24. The molecule has 0 aliphatic carbocycles. The van der Waals surface area contributed by atoms with E-state index >= 15 is 0 Å². The van der Waals surface area contributed by atoms with Crippen LogP contribution in [0.2, 0.25) is 0 Å². The van der Waals surface area contributed by atoms with Gasteiger partial charge in [-0.1, -0.05) is 23.5 Å². The number of aromatic nitrogens is 3. The third-order valence-corrected chi connectivity index (χ3v) is 5.73. The Labute approximate surface area is 175 Å². The quantitative estimate of drug-likeness (QED) is 0.636. The Kier molecular flexibility index (Phi) is 5.13. The Hall–Kier alpha value is -3.46. The van der Waals surface area contributed by atoms with Crippen molar-refractivity contribution in [1.29, 1.82) is 0 Å². The van der Waals surface area contributed by atoms with Gasteiger partial charge in [-0.05, 0) is 37.6 Å². The number of allylic oxidation sites excluding steroid dienone is 1. The van der Waals surface area contributed by atoms with Crippen molar-refractivity contribution >= 4 is 23.4 Å². The lowest BCUT2D eigenvalue weighted by Gasteiger charge is -2.24. The number of benzene rings is 1. The highest BCUT2D eigenvalue weighted by atomic mass is 32.1. The van der Waals surface area contributed by atoms with E-state index in [1.54, 1.807) is 50.0 Å². The van der Waals surface area contributed by atoms with Crippen molar-refractivity contribution in [1.82, 2.24) is 14.3 Å². The van der Waals surface area contributed by atoms with Crippen LogP contribution in [0.3, 0.4) is 0 Å². The zero-order valence-corrected chi connectivity index (χ0v) is 17.5. The molecule has 3 aromatic rings. The number of esters is 1. The van der Waals surface area contributed by atoms with Crippen LogP contribution in [0, 0.1) is 0 Å². The lowest BCUT2D eigenvalue weighted by Crippen LogP contribution is -2.39. The first-order chi connectivity index (χ1) is 14.4. The van der Waals surface area contributed by atoms with Gasteiger partial charge in [0.25, 0.3) is 5.56 Å². The molecule has 1 aromatic carbocycles. The number of phenolic OH excluding ortho intramolecular Hbond substituents is 1. The summed E-state index contributed by atoms with van der Waals surface area (Å²) in [6.07, 6.45) is 5.24. The molecule has 0 bridgehead atoms. The second-order valence-corrected chi connectivity index (χ2v) is 7.85. The monoisotopic (exact) mass is 424 g/mol. The second kappa shape index (κ2) is 7.75. The number of carbonyl (C=O) groups is 1. The maximum absolute atomic E-state index is 13.3. The van der Waals surface area contributed by atoms with Crippen LogP contribution < -0.4 is 14.9 Å². The van der Waals surface area contributed by atoms with Crippen LogP contribution in [0.5, 0.6) is 5.75 Å². The van der Waals surface area contributed by atoms with E-state index in [0.717, 1.165) is 5.56 Å². The van der Waals surface area contributed by atoms with Crippen molar-refractivity contribution in [3.05, 3.63) is 78.7 Å². The summed E-state index contributed by atoms with van der Waals surface area (Å²) >= 11 is 1.25. The molecule has 154 valence electrons. The van der Waals surface area contributed by atoms with E-state index < -0.39 is 12.0 Å². The standard InChI is InChI=1S/C21H20N4O4S/c1-4-29-20(28)17-12(2)23-21-25(18(17)14-5-7-15(26)8-6-14)19(27)16(30-21)9-13-10-22-24(3)11-13/h5-11,18,26H,4H2,1-3H3/t18-/m0/s1. The Morgan fingerprint density at radius 1 is 1.33 bits per heavy atom. The molecule has 1 N–H and O–H groups in total. The lowest BCUT2D eigenvalue weighted by molar-refractivity contribution is -0.139. The molecule has 0 saturated carbocycles. The first-order valence-electron chi connectivity index (χ1n) is 9.36. The van der Waals surface area contributed by atoms with E-state index in [-0.39, 0.29) is 17.9 Å². The summed E-state index contributed by atoms with van der Waals surface area (Å²) in [5, 5.41) is 13.8. The molecule has 2 aromatic heterocycles. The van der Waals surface area contributed by atoms with Gasteiger partial charge in [0.15, 0.2) is 4.80 Å². The van der Waals surface area contributed by atoms with Crippen LogP contribution in [0.25, 0.3) is 6.08 Å². The number of thiazole rings is 1. The Morgan fingerprint density at radius 3 is 2.70 bits per heavy atom. The van der Waals surface area contributed by atoms with E-state index in [4.69, 9.17) is 4.74 Å². The van der Waals surface area contributed by atoms with Crippen molar-refractivity contribution in [2.75, 3.05) is 6.61 Å². The molecule has 3 heterocycles. The fourth-order valence-corrected chi connectivity index (χ4v) is 4.48. The summed E-state index contributed by atoms with van der Waals surface area (Å²) < 4.78 is 8.91. The molecule has 1 atom stereocenters. The van der Waals surface area contributed by atoms with Crippen LogP contribution in [0.4, 0.5) is 0 Å². The summed E-state index contributed by atoms with van der Waals surface area (Å²) in [5.41, 5.74) is 2.03. The number of aryl methyl sites for hydroxylation is 1. The molecule has 1 aliphatic heterocycles. The van der Waals surface area contributed by atoms with E-state index in [1.165, 1.54) is 28.0 Å². The lowest BCUT2D eigenvalue weighted by atomic mass is 9.96. The molecule has 8 nitrogen and oxygen atoms in total. The number of hydrogen-bond acceptors (Lipinski definition) is 7. The van der Waals surface area contributed by atoms with Crippen LogP contribution in [-0.2, 0) is 16.6 Å². The number of ether oxygens (including phenoxy) is 1. The molecule has 4 rings (SSSR count). The zero-order valence-electron chi connectivity index (χ0n) is 16.7. The number of carbonyl (C=O) groups excluding carboxylic acids is 1. The molecule has 1 aliphatic rings. The van der Waals surface area contributed by atoms with Gasteiger partial charge in [-0.15, -0.1) is 0 Å². The van der Waals surface area contributed by atoms with Crippen molar-refractivity contribution in [3.8, 4) is 5.75 Å². The third-order valence-electron chi connectivity index (χ3n) is 4.75. The van der Waals surface area contributed by atoms with Crippen LogP contribution in [0.15, 0.2) is 57.7 Å². The number of phenols is 1. The SMILES string of the molecule is CCOC(=O)C1=C(C)N=c2sc(=Cc3cnn(C)c3)c(=O)n2[C@H]1c1ccc(O)cc1. The molecule has 30 heavy (non-hydrogen) atoms. The largest absolute Gasteiger partial charge is 0.508 e. The number of fused-ring (bicyclic) bond motifs is 1. The van der Waals surface area contributed by atoms with Gasteiger partial charge in [0.2, 0.25) is 0 Å². The van der Waals surface area contributed by atoms with Gasteiger partial charge < -0.3 is 9.84 Å². The van der Waals surface area contributed by atoms with Gasteiger partial charge in [-0.3, -0.25) is 14.0 Å². The molecule has 0 fully saturated rings. The van der Waals surface area contributed by atoms with E-state index in [2.05, 4.69) is 10.1 Å². The van der Waals surface area contributed by atoms with E-state index in [9.17, 15) is 14.7 Å². The van der Waals surface area contributed by atoms with Crippen LogP contribution >= 0.6 is 11.3 Å². The fourth-order valence-electron chi connectivity index (χ4n) is 3.43. The minimum absolute atomic E-state index is 0.0983. The third kappa shape index (κ3) is 3.48. The Bertz CT molecular complexity index is 1330. The summed E-state index contributed by atoms with van der Waals surface area (Å²) in [5.74, 6) is -0.417. The summed E-state index contributed by atoms with van der Waals surface area (Å²) in [7, 11) is 1.80. The van der Waals surface area contributed by atoms with Gasteiger partial charge in [0.05, 0.1) is 34.6 Å². The van der Waals surface area contributed by atoms with Gasteiger partial charge in [-0.25, -0.2) is 9.79 Å². The van der Waals surface area contributed by atoms with Crippen molar-refractivity contribution < 1.29 is 14.6 Å². The Morgan fingerprint density at radius 2 is 2.07 bits per heavy atom. The summed E-state index contributed by atoms with van der Waals surface area (Å²) in [4.78, 5) is 31.1. The van der Waals surface area contributed by atoms with E-state index in [0.29, 0.717) is 26.2 Å². The van der Waals surface area contributed by atoms with Crippen molar-refractivity contribution in [2.45, 2.75) is 19.9 Å². The topological polar surface area (TPSA) is 98.7 Å². The number of aromatic hydroxyl groups is 1. The maximum atomic E-state index is 13.3. The van der Waals surface area contributed by atoms with Gasteiger partial charge in [0.1, 0.15) is 5.75 Å². The number of hydrogen-bond donors (Lipinski definition) is 1. The predicted octanol–water partition coefficient (Wildman–Crippen LogP) is 1.24. The number of rotatable bonds is 4. The molecule has 9 heteroatoms. The molecule has 0 radical (unpaired) electrons. The van der Waals surface area contributed by atoms with Gasteiger partial charge in [0, 0.05) is 18.8 Å². The molecule has 0 spiro atoms. The highest BCUT2D eigenvalue weighted by Crippen LogP contribution is 2.31. The fraction of sp³-hybridized carbons (Fsp3) is 0.238. The molecular formula is C21H20N4O4S. The minimum Gasteiger partial charge on any atom is -0.508 e. The van der Waals surface area contributed by atoms with E-state index in [1.807, 2.05) is 6.20 Å². The predicted molar refractivity (Wildman–Crippen MR) is 112 cm³/mol. The zero-order chi connectivity index (χ0) is 21.4. The molecular weight excluding hydrogens is 404 g/mol. The van der Waals surface area contributed by atoms with Crippen LogP contribution in [0.1, 0.15) is 31.0 Å². The summed E-state index contributed by atoms with van der Waals surface area (Å²) in [6, 6.07) is 5.74. The van der Waals surface area contributed by atoms with Gasteiger partial charge in [-0.2, -0.15) is 5.10 Å². The Balaban J connectivity index is 1.96. The first kappa shape index (κ1) is 19.8. The van der Waals surface area contributed by atoms with Crippen LogP contribution in [-0.4, -0.2) is 32.0 Å². The molecule has 0 saturated heterocycles. The molecule has 0 amide bonds. The number of nitrogens with zero attached hydrogens (tertiary/aromatic N) is 4. The van der Waals surface area contributed by atoms with Crippen molar-refractivity contribution in [3.63, 3.8) is 0 Å².